The van der Waals surface area contributed by atoms with E-state index in [1.54, 1.807) is 0 Å². The minimum Gasteiger partial charge on any atom is -0.376 e. The number of hydrogen-bond acceptors (Lipinski definition) is 4. The summed E-state index contributed by atoms with van der Waals surface area (Å²) in [6.07, 6.45) is -0.496. The smallest absolute Gasteiger partial charge is 0.376 e. The van der Waals surface area contributed by atoms with Crippen molar-refractivity contribution >= 4 is 7.82 Å². The lowest BCUT2D eigenvalue weighted by Gasteiger charge is -2.21. The zero-order valence-corrected chi connectivity index (χ0v) is 11.0. The first kappa shape index (κ1) is 16.0. The van der Waals surface area contributed by atoms with Gasteiger partial charge >= 0.3 is 7.82 Å². The molecule has 0 fully saturated rings. The fourth-order valence-electron chi connectivity index (χ4n) is 0.992. The molecule has 0 unspecified atom stereocenters. The maximum Gasteiger partial charge on any atom is 0.469 e. The van der Waals surface area contributed by atoms with Crippen LogP contribution < -0.4 is 0 Å². The van der Waals surface area contributed by atoms with Gasteiger partial charge in [-0.25, -0.2) is 4.57 Å². The Morgan fingerprint density at radius 1 is 1.06 bits per heavy atom. The quantitative estimate of drug-likeness (QED) is 0.637. The maximum atomic E-state index is 10.5. The van der Waals surface area contributed by atoms with Crippen LogP contribution in [0.4, 0.5) is 0 Å². The van der Waals surface area contributed by atoms with Gasteiger partial charge in [-0.2, -0.15) is 0 Å². The van der Waals surface area contributed by atoms with Crippen LogP contribution in [0.1, 0.15) is 27.7 Å². The SMILES string of the molecule is CC(C)OC[C@H](COP(=O)(O)O)OC(C)C. The van der Waals surface area contributed by atoms with Crippen molar-refractivity contribution in [3.05, 3.63) is 0 Å². The second kappa shape index (κ2) is 7.37. The summed E-state index contributed by atoms with van der Waals surface area (Å²) in [4.78, 5) is 17.1. The number of phosphoric ester groups is 1. The molecule has 7 heteroatoms. The van der Waals surface area contributed by atoms with Gasteiger partial charge in [0.05, 0.1) is 25.4 Å². The van der Waals surface area contributed by atoms with Gasteiger partial charge in [0.25, 0.3) is 0 Å². The Kier molecular flexibility index (Phi) is 7.39. The molecule has 98 valence electrons. The highest BCUT2D eigenvalue weighted by molar-refractivity contribution is 7.46. The Labute approximate surface area is 96.1 Å². The maximum absolute atomic E-state index is 10.5. The van der Waals surface area contributed by atoms with Gasteiger partial charge in [0.2, 0.25) is 0 Å². The third-order valence-corrected chi connectivity index (χ3v) is 1.99. The Bertz CT molecular complexity index is 224. The Balaban J connectivity index is 4.05. The predicted molar refractivity (Wildman–Crippen MR) is 59.1 cm³/mol. The Morgan fingerprint density at radius 2 is 1.62 bits per heavy atom. The molecule has 0 aromatic heterocycles. The molecule has 0 rings (SSSR count). The van der Waals surface area contributed by atoms with Crippen LogP contribution in [0, 0.1) is 0 Å². The lowest BCUT2D eigenvalue weighted by Crippen LogP contribution is -2.29. The van der Waals surface area contributed by atoms with Crippen LogP contribution in [-0.2, 0) is 18.6 Å². The van der Waals surface area contributed by atoms with Crippen LogP contribution in [0.3, 0.4) is 0 Å². The second-order valence-corrected chi connectivity index (χ2v) is 5.21. The molecule has 0 aliphatic heterocycles. The van der Waals surface area contributed by atoms with Crippen LogP contribution in [-0.4, -0.2) is 41.3 Å². The van der Waals surface area contributed by atoms with Gasteiger partial charge in [-0.05, 0) is 27.7 Å². The largest absolute Gasteiger partial charge is 0.469 e. The van der Waals surface area contributed by atoms with Crippen LogP contribution >= 0.6 is 7.82 Å². The summed E-state index contributed by atoms with van der Waals surface area (Å²) < 4.78 is 25.6. The first-order valence-corrected chi connectivity index (χ1v) is 6.71. The number of phosphoric acid groups is 1. The first-order valence-electron chi connectivity index (χ1n) is 5.18. The first-order chi connectivity index (χ1) is 7.20. The lowest BCUT2D eigenvalue weighted by atomic mass is 10.3. The van der Waals surface area contributed by atoms with E-state index in [0.717, 1.165) is 0 Å². The molecule has 0 heterocycles. The van der Waals surface area contributed by atoms with E-state index in [4.69, 9.17) is 19.3 Å². The van der Waals surface area contributed by atoms with Crippen molar-refractivity contribution in [2.24, 2.45) is 0 Å². The molecule has 2 N–H and O–H groups in total. The van der Waals surface area contributed by atoms with Crippen molar-refractivity contribution in [3.8, 4) is 0 Å². The molecule has 0 aromatic rings. The van der Waals surface area contributed by atoms with Crippen LogP contribution in [0.5, 0.6) is 0 Å². The zero-order valence-electron chi connectivity index (χ0n) is 10.1. The fraction of sp³-hybridized carbons (Fsp3) is 1.00. The van der Waals surface area contributed by atoms with Crippen LogP contribution in [0.25, 0.3) is 0 Å². The van der Waals surface area contributed by atoms with Gasteiger partial charge in [0.1, 0.15) is 6.10 Å². The van der Waals surface area contributed by atoms with Crippen molar-refractivity contribution in [2.45, 2.75) is 46.0 Å². The summed E-state index contributed by atoms with van der Waals surface area (Å²) in [6, 6.07) is 0. The van der Waals surface area contributed by atoms with E-state index in [9.17, 15) is 4.57 Å². The molecule has 0 aliphatic carbocycles. The van der Waals surface area contributed by atoms with Gasteiger partial charge < -0.3 is 19.3 Å². The third kappa shape index (κ3) is 10.5. The fourth-order valence-corrected chi connectivity index (χ4v) is 1.35. The molecule has 0 saturated carbocycles. The second-order valence-electron chi connectivity index (χ2n) is 3.98. The minimum atomic E-state index is -4.45. The average molecular weight is 256 g/mol. The van der Waals surface area contributed by atoms with Gasteiger partial charge in [-0.3, -0.25) is 4.52 Å². The summed E-state index contributed by atoms with van der Waals surface area (Å²) in [5.74, 6) is 0. The lowest BCUT2D eigenvalue weighted by molar-refractivity contribution is -0.0770. The van der Waals surface area contributed by atoms with E-state index < -0.39 is 13.9 Å². The topological polar surface area (TPSA) is 85.2 Å². The molecule has 0 bridgehead atoms. The molecule has 0 amide bonds. The number of hydrogen-bond donors (Lipinski definition) is 2. The Morgan fingerprint density at radius 3 is 2.00 bits per heavy atom. The molecular formula is C9H21O6P. The van der Waals surface area contributed by atoms with E-state index in [2.05, 4.69) is 4.52 Å². The zero-order chi connectivity index (χ0) is 12.8. The average Bonchev–Trinajstić information content (AvgIpc) is 2.07. The molecule has 0 aromatic carbocycles. The van der Waals surface area contributed by atoms with Gasteiger partial charge in [0.15, 0.2) is 0 Å². The molecular weight excluding hydrogens is 235 g/mol. The predicted octanol–water partition coefficient (Wildman–Crippen LogP) is 1.31. The van der Waals surface area contributed by atoms with Gasteiger partial charge in [-0.15, -0.1) is 0 Å². The standard InChI is InChI=1S/C9H21O6P/c1-7(2)13-5-9(15-8(3)4)6-14-16(10,11)12/h7-9H,5-6H2,1-4H3,(H2,10,11,12)/t9-/m1/s1. The van der Waals surface area contributed by atoms with Crippen molar-refractivity contribution in [1.29, 1.82) is 0 Å². The normalized spacial score (nSPS) is 14.8. The van der Waals surface area contributed by atoms with Crippen LogP contribution in [0.15, 0.2) is 0 Å². The van der Waals surface area contributed by atoms with E-state index in [1.165, 1.54) is 0 Å². The monoisotopic (exact) mass is 256 g/mol. The molecule has 6 nitrogen and oxygen atoms in total. The number of ether oxygens (including phenoxy) is 2. The van der Waals surface area contributed by atoms with Crippen molar-refractivity contribution < 1.29 is 28.3 Å². The van der Waals surface area contributed by atoms with E-state index in [-0.39, 0.29) is 25.4 Å². The highest BCUT2D eigenvalue weighted by Gasteiger charge is 2.20. The van der Waals surface area contributed by atoms with Crippen molar-refractivity contribution in [2.75, 3.05) is 13.2 Å². The molecule has 0 saturated heterocycles. The number of rotatable bonds is 8. The Hall–Kier alpha value is 0.0300. The summed E-state index contributed by atoms with van der Waals surface area (Å²) in [6.45, 7) is 7.47. The molecule has 1 atom stereocenters. The van der Waals surface area contributed by atoms with E-state index in [0.29, 0.717) is 0 Å². The van der Waals surface area contributed by atoms with E-state index in [1.807, 2.05) is 27.7 Å². The molecule has 0 aliphatic rings. The summed E-state index contributed by atoms with van der Waals surface area (Å²) >= 11 is 0. The van der Waals surface area contributed by atoms with E-state index >= 15 is 0 Å². The molecule has 16 heavy (non-hydrogen) atoms. The molecule has 0 spiro atoms. The third-order valence-electron chi connectivity index (χ3n) is 1.51. The van der Waals surface area contributed by atoms with Crippen molar-refractivity contribution in [3.63, 3.8) is 0 Å². The van der Waals surface area contributed by atoms with Crippen molar-refractivity contribution in [1.82, 2.24) is 0 Å². The van der Waals surface area contributed by atoms with Crippen LogP contribution in [0.2, 0.25) is 0 Å². The van der Waals surface area contributed by atoms with Gasteiger partial charge in [-0.1, -0.05) is 0 Å². The molecule has 0 radical (unpaired) electrons. The van der Waals surface area contributed by atoms with Gasteiger partial charge in [0, 0.05) is 0 Å². The highest BCUT2D eigenvalue weighted by atomic mass is 31.2. The minimum absolute atomic E-state index is 0.0355. The summed E-state index contributed by atoms with van der Waals surface area (Å²) in [7, 11) is -4.45. The summed E-state index contributed by atoms with van der Waals surface area (Å²) in [5, 5.41) is 0. The highest BCUT2D eigenvalue weighted by Crippen LogP contribution is 2.35. The summed E-state index contributed by atoms with van der Waals surface area (Å²) in [5.41, 5.74) is 0.